The topological polar surface area (TPSA) is 41.6 Å². The maximum absolute atomic E-state index is 13.6. The molecule has 1 aliphatic heterocycles. The number of hydrogen-bond acceptors (Lipinski definition) is 3. The standard InChI is InChI=1S/C14H18ClFN2O2/c1-18-5-6-20-10(9-18)8-17-14(19)7-11-12(15)3-2-4-13(11)16/h2-4,10H,5-9H2,1H3,(H,17,19). The first-order valence-electron chi connectivity index (χ1n) is 6.56. The zero-order chi connectivity index (χ0) is 14.5. The van der Waals surface area contributed by atoms with Crippen LogP contribution in [0.2, 0.25) is 5.02 Å². The molecule has 1 unspecified atom stereocenters. The van der Waals surface area contributed by atoms with E-state index in [1.54, 1.807) is 6.07 Å². The van der Waals surface area contributed by atoms with E-state index in [1.165, 1.54) is 12.1 Å². The van der Waals surface area contributed by atoms with Gasteiger partial charge in [-0.2, -0.15) is 0 Å². The summed E-state index contributed by atoms with van der Waals surface area (Å²) in [5, 5.41) is 3.03. The van der Waals surface area contributed by atoms with Crippen molar-refractivity contribution in [2.75, 3.05) is 33.3 Å². The average Bonchev–Trinajstić information content (AvgIpc) is 2.41. The molecule has 1 aromatic carbocycles. The third-order valence-corrected chi connectivity index (χ3v) is 3.62. The molecule has 0 aliphatic carbocycles. The molecule has 1 aliphatic rings. The Morgan fingerprint density at radius 3 is 3.10 bits per heavy atom. The molecule has 0 aromatic heterocycles. The lowest BCUT2D eigenvalue weighted by atomic mass is 10.1. The molecule has 1 fully saturated rings. The van der Waals surface area contributed by atoms with Crippen molar-refractivity contribution in [2.24, 2.45) is 0 Å². The Balaban J connectivity index is 1.83. The number of rotatable bonds is 4. The summed E-state index contributed by atoms with van der Waals surface area (Å²) >= 11 is 5.89. The maximum atomic E-state index is 13.6. The van der Waals surface area contributed by atoms with Gasteiger partial charge in [0.25, 0.3) is 0 Å². The molecule has 1 aromatic rings. The lowest BCUT2D eigenvalue weighted by molar-refractivity contribution is -0.121. The van der Waals surface area contributed by atoms with Crippen molar-refractivity contribution >= 4 is 17.5 Å². The Morgan fingerprint density at radius 2 is 2.40 bits per heavy atom. The molecular weight excluding hydrogens is 283 g/mol. The van der Waals surface area contributed by atoms with Crippen LogP contribution in [0.5, 0.6) is 0 Å². The number of halogens is 2. The number of carbonyl (C=O) groups is 1. The summed E-state index contributed by atoms with van der Waals surface area (Å²) in [7, 11) is 2.01. The minimum absolute atomic E-state index is 0.0196. The van der Waals surface area contributed by atoms with Crippen LogP contribution < -0.4 is 5.32 Å². The van der Waals surface area contributed by atoms with Gasteiger partial charge in [-0.3, -0.25) is 4.79 Å². The van der Waals surface area contributed by atoms with E-state index >= 15 is 0 Å². The quantitative estimate of drug-likeness (QED) is 0.915. The highest BCUT2D eigenvalue weighted by molar-refractivity contribution is 6.31. The van der Waals surface area contributed by atoms with Gasteiger partial charge in [-0.25, -0.2) is 4.39 Å². The van der Waals surface area contributed by atoms with Crippen molar-refractivity contribution in [3.8, 4) is 0 Å². The van der Waals surface area contributed by atoms with Gasteiger partial charge in [-0.15, -0.1) is 0 Å². The van der Waals surface area contributed by atoms with Crippen molar-refractivity contribution in [1.29, 1.82) is 0 Å². The Hall–Kier alpha value is -1.17. The molecule has 1 amide bonds. The largest absolute Gasteiger partial charge is 0.374 e. The summed E-state index contributed by atoms with van der Waals surface area (Å²) in [4.78, 5) is 14.0. The summed E-state index contributed by atoms with van der Waals surface area (Å²) < 4.78 is 19.1. The van der Waals surface area contributed by atoms with Gasteiger partial charge in [0.05, 0.1) is 19.1 Å². The van der Waals surface area contributed by atoms with E-state index in [-0.39, 0.29) is 29.0 Å². The molecule has 2 rings (SSSR count). The van der Waals surface area contributed by atoms with Crippen LogP contribution in [0.3, 0.4) is 0 Å². The van der Waals surface area contributed by atoms with Crippen LogP contribution >= 0.6 is 11.6 Å². The molecule has 1 atom stereocenters. The van der Waals surface area contributed by atoms with Crippen molar-refractivity contribution < 1.29 is 13.9 Å². The van der Waals surface area contributed by atoms with Crippen LogP contribution in [-0.2, 0) is 16.0 Å². The molecular formula is C14H18ClFN2O2. The minimum Gasteiger partial charge on any atom is -0.374 e. The summed E-state index contributed by atoms with van der Waals surface area (Å²) in [6.45, 7) is 2.77. The van der Waals surface area contributed by atoms with Crippen LogP contribution in [0, 0.1) is 5.82 Å². The minimum atomic E-state index is -0.457. The molecule has 1 heterocycles. The van der Waals surface area contributed by atoms with Crippen LogP contribution in [0.15, 0.2) is 18.2 Å². The fraction of sp³-hybridized carbons (Fsp3) is 0.500. The normalized spacial score (nSPS) is 19.9. The monoisotopic (exact) mass is 300 g/mol. The lowest BCUT2D eigenvalue weighted by Gasteiger charge is -2.30. The molecule has 20 heavy (non-hydrogen) atoms. The molecule has 0 bridgehead atoms. The van der Waals surface area contributed by atoms with Crippen molar-refractivity contribution in [1.82, 2.24) is 10.2 Å². The van der Waals surface area contributed by atoms with Gasteiger partial charge in [0.15, 0.2) is 0 Å². The predicted octanol–water partition coefficient (Wildman–Crippen LogP) is 1.47. The lowest BCUT2D eigenvalue weighted by Crippen LogP contribution is -2.46. The molecule has 4 nitrogen and oxygen atoms in total. The van der Waals surface area contributed by atoms with Gasteiger partial charge in [0, 0.05) is 30.2 Å². The Labute approximate surface area is 122 Å². The summed E-state index contributed by atoms with van der Waals surface area (Å²) in [5.74, 6) is -0.713. The fourth-order valence-corrected chi connectivity index (χ4v) is 2.37. The highest BCUT2D eigenvalue weighted by atomic mass is 35.5. The van der Waals surface area contributed by atoms with Crippen molar-refractivity contribution in [3.63, 3.8) is 0 Å². The van der Waals surface area contributed by atoms with E-state index in [1.807, 2.05) is 7.05 Å². The first-order chi connectivity index (χ1) is 9.56. The number of carbonyl (C=O) groups excluding carboxylic acids is 1. The number of hydrogen-bond donors (Lipinski definition) is 1. The number of benzene rings is 1. The highest BCUT2D eigenvalue weighted by Crippen LogP contribution is 2.19. The maximum Gasteiger partial charge on any atom is 0.224 e. The van der Waals surface area contributed by atoms with E-state index in [0.717, 1.165) is 13.1 Å². The highest BCUT2D eigenvalue weighted by Gasteiger charge is 2.19. The number of nitrogens with zero attached hydrogens (tertiary/aromatic N) is 1. The molecule has 1 saturated heterocycles. The number of amides is 1. The Bertz CT molecular complexity index is 464. The van der Waals surface area contributed by atoms with Crippen LogP contribution in [0.1, 0.15) is 5.56 Å². The zero-order valence-corrected chi connectivity index (χ0v) is 12.1. The second-order valence-electron chi connectivity index (χ2n) is 4.94. The number of likely N-dealkylation sites (N-methyl/N-ethyl adjacent to an activating group) is 1. The van der Waals surface area contributed by atoms with Crippen molar-refractivity contribution in [3.05, 3.63) is 34.6 Å². The third-order valence-electron chi connectivity index (χ3n) is 3.27. The molecule has 0 radical (unpaired) electrons. The van der Waals surface area contributed by atoms with Gasteiger partial charge in [0.1, 0.15) is 5.82 Å². The van der Waals surface area contributed by atoms with Gasteiger partial charge in [0.2, 0.25) is 5.91 Å². The second-order valence-corrected chi connectivity index (χ2v) is 5.34. The Kier molecular flexibility index (Phi) is 5.34. The van der Waals surface area contributed by atoms with Gasteiger partial charge < -0.3 is 15.0 Å². The van der Waals surface area contributed by atoms with Crippen LogP contribution in [-0.4, -0.2) is 50.2 Å². The predicted molar refractivity (Wildman–Crippen MR) is 75.4 cm³/mol. The molecule has 110 valence electrons. The van der Waals surface area contributed by atoms with E-state index < -0.39 is 5.82 Å². The number of ether oxygens (including phenoxy) is 1. The first kappa shape index (κ1) is 15.2. The molecule has 1 N–H and O–H groups in total. The zero-order valence-electron chi connectivity index (χ0n) is 11.4. The molecule has 6 heteroatoms. The van der Waals surface area contributed by atoms with E-state index in [9.17, 15) is 9.18 Å². The molecule has 0 saturated carbocycles. The number of morpholine rings is 1. The summed E-state index contributed by atoms with van der Waals surface area (Å²) in [5.41, 5.74) is 0.230. The average molecular weight is 301 g/mol. The fourth-order valence-electron chi connectivity index (χ4n) is 2.14. The van der Waals surface area contributed by atoms with E-state index in [2.05, 4.69) is 10.2 Å². The van der Waals surface area contributed by atoms with Gasteiger partial charge in [-0.1, -0.05) is 17.7 Å². The smallest absolute Gasteiger partial charge is 0.224 e. The van der Waals surface area contributed by atoms with Gasteiger partial charge >= 0.3 is 0 Å². The summed E-state index contributed by atoms with van der Waals surface area (Å²) in [6, 6.07) is 4.39. The third kappa shape index (κ3) is 4.16. The van der Waals surface area contributed by atoms with Crippen LogP contribution in [0.4, 0.5) is 4.39 Å². The SMILES string of the molecule is CN1CCOC(CNC(=O)Cc2c(F)cccc2Cl)C1. The van der Waals surface area contributed by atoms with E-state index in [0.29, 0.717) is 13.2 Å². The van der Waals surface area contributed by atoms with Crippen LogP contribution in [0.25, 0.3) is 0 Å². The first-order valence-corrected chi connectivity index (χ1v) is 6.94. The second kappa shape index (κ2) is 7.02. The van der Waals surface area contributed by atoms with Gasteiger partial charge in [-0.05, 0) is 19.2 Å². The Morgan fingerprint density at radius 1 is 1.60 bits per heavy atom. The number of nitrogens with one attached hydrogen (secondary N) is 1. The van der Waals surface area contributed by atoms with E-state index in [4.69, 9.17) is 16.3 Å². The summed E-state index contributed by atoms with van der Waals surface area (Å²) in [6.07, 6.45) is -0.0811. The van der Waals surface area contributed by atoms with Crippen molar-refractivity contribution in [2.45, 2.75) is 12.5 Å². The molecule has 0 spiro atoms.